The summed E-state index contributed by atoms with van der Waals surface area (Å²) in [4.78, 5) is 26.9. The third-order valence-electron chi connectivity index (χ3n) is 6.23. The Hall–Kier alpha value is -0.883. The van der Waals surface area contributed by atoms with Crippen LogP contribution in [0.1, 0.15) is 67.7 Å². The molecule has 1 amide bonds. The summed E-state index contributed by atoms with van der Waals surface area (Å²) >= 11 is 0. The Kier molecular flexibility index (Phi) is 5.71. The second-order valence-corrected chi connectivity index (χ2v) is 15.2. The first kappa shape index (κ1) is 21.4. The van der Waals surface area contributed by atoms with Crippen LogP contribution in [0.4, 0.5) is 4.79 Å². The van der Waals surface area contributed by atoms with Crippen LogP contribution in [0.3, 0.4) is 0 Å². The molecule has 2 rings (SSSR count). The molecule has 26 heavy (non-hydrogen) atoms. The first-order valence-electron chi connectivity index (χ1n) is 9.83. The second kappa shape index (κ2) is 6.93. The highest BCUT2D eigenvalue weighted by Gasteiger charge is 2.54. The van der Waals surface area contributed by atoms with E-state index in [1.54, 1.807) is 6.92 Å². The molecular formula is C20H37NO4Si. The smallest absolute Gasteiger partial charge is 0.410 e. The molecule has 0 N–H and O–H groups in total. The zero-order valence-electron chi connectivity index (χ0n) is 18.0. The number of carbonyl (C=O) groups is 2. The first-order chi connectivity index (χ1) is 11.6. The molecule has 0 saturated carbocycles. The fourth-order valence-electron chi connectivity index (χ4n) is 3.88. The van der Waals surface area contributed by atoms with Crippen LogP contribution in [-0.2, 0) is 14.0 Å². The molecule has 2 heterocycles. The van der Waals surface area contributed by atoms with Crippen molar-refractivity contribution in [2.75, 3.05) is 0 Å². The molecule has 5 nitrogen and oxygen atoms in total. The van der Waals surface area contributed by atoms with Gasteiger partial charge < -0.3 is 9.16 Å². The number of ether oxygens (including phenoxy) is 1. The summed E-state index contributed by atoms with van der Waals surface area (Å²) in [6.45, 7) is 18.4. The third-order valence-corrected chi connectivity index (χ3v) is 10.7. The van der Waals surface area contributed by atoms with Gasteiger partial charge in [-0.3, -0.25) is 9.69 Å². The van der Waals surface area contributed by atoms with Crippen molar-refractivity contribution in [3.05, 3.63) is 0 Å². The number of ketones is 1. The lowest BCUT2D eigenvalue weighted by Gasteiger charge is -2.46. The largest absolute Gasteiger partial charge is 0.444 e. The zero-order valence-corrected chi connectivity index (χ0v) is 19.0. The van der Waals surface area contributed by atoms with Gasteiger partial charge >= 0.3 is 6.09 Å². The van der Waals surface area contributed by atoms with Crippen LogP contribution in [-0.4, -0.2) is 48.9 Å². The van der Waals surface area contributed by atoms with Gasteiger partial charge in [0.05, 0.1) is 12.1 Å². The lowest BCUT2D eigenvalue weighted by molar-refractivity contribution is -0.121. The molecule has 4 atom stereocenters. The van der Waals surface area contributed by atoms with Crippen LogP contribution in [0.2, 0.25) is 18.1 Å². The maximum Gasteiger partial charge on any atom is 0.410 e. The molecule has 0 aromatic carbocycles. The highest BCUT2D eigenvalue weighted by molar-refractivity contribution is 6.74. The van der Waals surface area contributed by atoms with Gasteiger partial charge in [0.2, 0.25) is 0 Å². The lowest BCUT2D eigenvalue weighted by Crippen LogP contribution is -2.56. The normalized spacial score (nSPS) is 29.7. The molecule has 2 bridgehead atoms. The lowest BCUT2D eigenvalue weighted by atomic mass is 9.94. The summed E-state index contributed by atoms with van der Waals surface area (Å²) in [6.07, 6.45) is 2.09. The van der Waals surface area contributed by atoms with Crippen molar-refractivity contribution < 1.29 is 18.8 Å². The topological polar surface area (TPSA) is 55.8 Å². The molecule has 2 saturated heterocycles. The predicted molar refractivity (Wildman–Crippen MR) is 106 cm³/mol. The van der Waals surface area contributed by atoms with E-state index < -0.39 is 13.9 Å². The highest BCUT2D eigenvalue weighted by Crippen LogP contribution is 2.45. The van der Waals surface area contributed by atoms with Gasteiger partial charge in [-0.25, -0.2) is 4.79 Å². The average Bonchev–Trinajstić information content (AvgIpc) is 2.71. The minimum absolute atomic E-state index is 0.0102. The molecule has 0 aromatic rings. The molecule has 0 aromatic heterocycles. The highest BCUT2D eigenvalue weighted by atomic mass is 28.4. The Morgan fingerprint density at radius 3 is 2.04 bits per heavy atom. The van der Waals surface area contributed by atoms with Gasteiger partial charge in [-0.15, -0.1) is 0 Å². The van der Waals surface area contributed by atoms with E-state index in [1.165, 1.54) is 0 Å². The third kappa shape index (κ3) is 4.33. The quantitative estimate of drug-likeness (QED) is 0.660. The maximum absolute atomic E-state index is 12.9. The molecule has 0 aliphatic carbocycles. The zero-order chi connectivity index (χ0) is 20.1. The van der Waals surface area contributed by atoms with Gasteiger partial charge in [-0.2, -0.15) is 0 Å². The van der Waals surface area contributed by atoms with Gasteiger partial charge in [-0.1, -0.05) is 20.8 Å². The number of nitrogens with zero attached hydrogens (tertiary/aromatic N) is 1. The number of hydrogen-bond acceptors (Lipinski definition) is 4. The van der Waals surface area contributed by atoms with Crippen LogP contribution < -0.4 is 0 Å². The molecule has 0 unspecified atom stereocenters. The minimum Gasteiger partial charge on any atom is -0.444 e. The van der Waals surface area contributed by atoms with E-state index in [2.05, 4.69) is 33.9 Å². The average molecular weight is 384 g/mol. The summed E-state index contributed by atoms with van der Waals surface area (Å²) in [5, 5.41) is 0.110. The monoisotopic (exact) mass is 383 g/mol. The maximum atomic E-state index is 12.9. The molecular weight excluding hydrogens is 346 g/mol. The number of rotatable bonds is 3. The van der Waals surface area contributed by atoms with E-state index in [0.29, 0.717) is 6.42 Å². The Labute approximate surface area is 159 Å². The van der Waals surface area contributed by atoms with Crippen LogP contribution in [0.5, 0.6) is 0 Å². The summed E-state index contributed by atoms with van der Waals surface area (Å²) in [7, 11) is -1.96. The van der Waals surface area contributed by atoms with E-state index in [1.807, 2.05) is 25.7 Å². The van der Waals surface area contributed by atoms with Crippen molar-refractivity contribution in [2.24, 2.45) is 5.92 Å². The fraction of sp³-hybridized carbons (Fsp3) is 0.900. The standard InChI is InChI=1S/C20H37NO4Si/c1-13(22)14-12-16-17(25-26(8,9)20(5,6)7)11-10-15(14)21(16)18(23)24-19(2,3)4/h14-17H,10-12H2,1-9H3/t14-,15-,16-,17+/m1/s1. The minimum atomic E-state index is -1.96. The van der Waals surface area contributed by atoms with E-state index in [0.717, 1.165) is 12.8 Å². The van der Waals surface area contributed by atoms with Gasteiger partial charge in [0.15, 0.2) is 8.32 Å². The second-order valence-electron chi connectivity index (χ2n) is 10.5. The molecule has 150 valence electrons. The molecule has 2 aliphatic heterocycles. The number of fused-ring (bicyclic) bond motifs is 2. The van der Waals surface area contributed by atoms with Gasteiger partial charge in [0, 0.05) is 12.0 Å². The Bertz CT molecular complexity index is 561. The molecule has 6 heteroatoms. The first-order valence-corrected chi connectivity index (χ1v) is 12.7. The number of amides is 1. The van der Waals surface area contributed by atoms with Crippen molar-refractivity contribution in [3.63, 3.8) is 0 Å². The van der Waals surface area contributed by atoms with Crippen molar-refractivity contribution >= 4 is 20.2 Å². The molecule has 0 radical (unpaired) electrons. The van der Waals surface area contributed by atoms with Crippen molar-refractivity contribution in [1.82, 2.24) is 4.90 Å². The Morgan fingerprint density at radius 1 is 1.00 bits per heavy atom. The van der Waals surface area contributed by atoms with E-state index in [9.17, 15) is 9.59 Å². The van der Waals surface area contributed by atoms with E-state index in [4.69, 9.17) is 9.16 Å². The van der Waals surface area contributed by atoms with Gasteiger partial charge in [0.25, 0.3) is 0 Å². The van der Waals surface area contributed by atoms with Crippen molar-refractivity contribution in [2.45, 2.75) is 110 Å². The summed E-state index contributed by atoms with van der Waals surface area (Å²) in [5.74, 6) is 0.0690. The van der Waals surface area contributed by atoms with Crippen molar-refractivity contribution in [1.29, 1.82) is 0 Å². The number of hydrogen-bond donors (Lipinski definition) is 0. The van der Waals surface area contributed by atoms with Crippen LogP contribution >= 0.6 is 0 Å². The van der Waals surface area contributed by atoms with E-state index >= 15 is 0 Å². The Morgan fingerprint density at radius 2 is 1.58 bits per heavy atom. The molecule has 2 fully saturated rings. The van der Waals surface area contributed by atoms with Gasteiger partial charge in [0.1, 0.15) is 11.4 Å². The summed E-state index contributed by atoms with van der Waals surface area (Å²) in [5.41, 5.74) is -0.546. The van der Waals surface area contributed by atoms with Crippen LogP contribution in [0, 0.1) is 5.92 Å². The van der Waals surface area contributed by atoms with Gasteiger partial charge in [-0.05, 0) is 65.1 Å². The SMILES string of the molecule is CC(=O)[C@H]1C[C@@H]2[C@@H](O[Si](C)(C)C(C)(C)C)CC[C@H]1N2C(=O)OC(C)(C)C. The fourth-order valence-corrected chi connectivity index (χ4v) is 5.27. The number of Topliss-reactive ketones (excluding diaryl/α,β-unsaturated/α-hetero) is 1. The summed E-state index contributed by atoms with van der Waals surface area (Å²) in [6, 6.07) is -0.113. The summed E-state index contributed by atoms with van der Waals surface area (Å²) < 4.78 is 12.4. The van der Waals surface area contributed by atoms with Crippen LogP contribution in [0.25, 0.3) is 0 Å². The molecule has 0 spiro atoms. The predicted octanol–water partition coefficient (Wildman–Crippen LogP) is 4.75. The molecule has 2 aliphatic rings. The van der Waals surface area contributed by atoms with E-state index in [-0.39, 0.29) is 41.0 Å². The number of carbonyl (C=O) groups excluding carboxylic acids is 2. The Balaban J connectivity index is 2.27. The van der Waals surface area contributed by atoms with Crippen LogP contribution in [0.15, 0.2) is 0 Å². The number of piperidine rings is 1. The van der Waals surface area contributed by atoms with Crippen molar-refractivity contribution in [3.8, 4) is 0 Å².